The maximum atomic E-state index is 12.8. The van der Waals surface area contributed by atoms with Gasteiger partial charge in [0.1, 0.15) is 10.7 Å². The van der Waals surface area contributed by atoms with Gasteiger partial charge in [-0.25, -0.2) is 4.98 Å². The van der Waals surface area contributed by atoms with Crippen LogP contribution in [0.2, 0.25) is 0 Å². The monoisotopic (exact) mass is 391 g/mol. The second kappa shape index (κ2) is 6.69. The summed E-state index contributed by atoms with van der Waals surface area (Å²) in [7, 11) is 1.98. The van der Waals surface area contributed by atoms with E-state index in [-0.39, 0.29) is 12.4 Å². The third kappa shape index (κ3) is 2.90. The number of hydrogen-bond donors (Lipinski definition) is 1. The van der Waals surface area contributed by atoms with Crippen molar-refractivity contribution in [3.63, 3.8) is 0 Å². The number of aromatic amines is 1. The van der Waals surface area contributed by atoms with Gasteiger partial charge >= 0.3 is 0 Å². The number of hydrogen-bond acceptors (Lipinski definition) is 6. The quantitative estimate of drug-likeness (QED) is 0.569. The fraction of sp³-hybridized carbons (Fsp3) is 0.143. The molecule has 2 aromatic heterocycles. The molecule has 0 fully saturated rings. The van der Waals surface area contributed by atoms with E-state index >= 15 is 0 Å². The summed E-state index contributed by atoms with van der Waals surface area (Å²) in [5.41, 5.74) is 2.71. The lowest BCUT2D eigenvalue weighted by Crippen LogP contribution is -2.21. The first-order chi connectivity index (χ1) is 13.7. The summed E-state index contributed by atoms with van der Waals surface area (Å²) in [5, 5.41) is 2.57. The molecule has 0 aliphatic carbocycles. The standard InChI is InChI=1S/C21H17N3O3S/c1-24(14-5-3-2-4-6-14)10-18-22-20(25)19-15(11-28-21(19)23-18)13-7-8-16-17(9-13)27-12-26-16/h2-9,11H,10,12H2,1H3,(H,22,23,25). The van der Waals surface area contributed by atoms with Gasteiger partial charge in [0.05, 0.1) is 11.9 Å². The number of anilines is 1. The fourth-order valence-corrected chi connectivity index (χ4v) is 4.31. The Morgan fingerprint density at radius 1 is 1.14 bits per heavy atom. The number of para-hydroxylation sites is 1. The molecule has 1 aliphatic rings. The molecule has 0 radical (unpaired) electrons. The van der Waals surface area contributed by atoms with Crippen LogP contribution in [0.4, 0.5) is 5.69 Å². The second-order valence-corrected chi connectivity index (χ2v) is 7.46. The average Bonchev–Trinajstić information content (AvgIpc) is 3.35. The van der Waals surface area contributed by atoms with Crippen LogP contribution in [0, 0.1) is 0 Å². The first-order valence-electron chi connectivity index (χ1n) is 8.85. The Morgan fingerprint density at radius 3 is 2.82 bits per heavy atom. The molecule has 0 spiro atoms. The number of aromatic nitrogens is 2. The van der Waals surface area contributed by atoms with E-state index in [9.17, 15) is 4.79 Å². The Hall–Kier alpha value is -3.32. The van der Waals surface area contributed by atoms with Crippen LogP contribution in [-0.2, 0) is 6.54 Å². The molecule has 6 nitrogen and oxygen atoms in total. The van der Waals surface area contributed by atoms with E-state index in [0.717, 1.165) is 27.4 Å². The topological polar surface area (TPSA) is 67.5 Å². The van der Waals surface area contributed by atoms with Crippen LogP contribution < -0.4 is 19.9 Å². The third-order valence-corrected chi connectivity index (χ3v) is 5.63. The number of ether oxygens (including phenoxy) is 2. The zero-order valence-electron chi connectivity index (χ0n) is 15.1. The largest absolute Gasteiger partial charge is 0.454 e. The maximum Gasteiger partial charge on any atom is 0.260 e. The maximum absolute atomic E-state index is 12.8. The van der Waals surface area contributed by atoms with Gasteiger partial charge < -0.3 is 19.4 Å². The summed E-state index contributed by atoms with van der Waals surface area (Å²) < 4.78 is 10.8. The van der Waals surface area contributed by atoms with Gasteiger partial charge in [-0.2, -0.15) is 0 Å². The summed E-state index contributed by atoms with van der Waals surface area (Å²) in [6, 6.07) is 15.7. The van der Waals surface area contributed by atoms with Crippen molar-refractivity contribution in [3.05, 3.63) is 70.1 Å². The van der Waals surface area contributed by atoms with Gasteiger partial charge in [0.25, 0.3) is 5.56 Å². The minimum absolute atomic E-state index is 0.129. The number of fused-ring (bicyclic) bond motifs is 2. The molecular weight excluding hydrogens is 374 g/mol. The van der Waals surface area contributed by atoms with Crippen molar-refractivity contribution in [2.75, 3.05) is 18.7 Å². The van der Waals surface area contributed by atoms with Crippen molar-refractivity contribution in [2.45, 2.75) is 6.54 Å². The molecule has 0 bridgehead atoms. The highest BCUT2D eigenvalue weighted by atomic mass is 32.1. The minimum Gasteiger partial charge on any atom is -0.454 e. The van der Waals surface area contributed by atoms with E-state index in [2.05, 4.69) is 14.9 Å². The Kier molecular flexibility index (Phi) is 4.02. The summed E-state index contributed by atoms with van der Waals surface area (Å²) >= 11 is 1.47. The first kappa shape index (κ1) is 16.8. The van der Waals surface area contributed by atoms with E-state index in [1.807, 2.05) is 61.0 Å². The van der Waals surface area contributed by atoms with E-state index in [1.54, 1.807) is 0 Å². The molecule has 0 saturated heterocycles. The summed E-state index contributed by atoms with van der Waals surface area (Å²) in [6.45, 7) is 0.746. The molecule has 140 valence electrons. The van der Waals surface area contributed by atoms with Crippen molar-refractivity contribution in [3.8, 4) is 22.6 Å². The van der Waals surface area contributed by atoms with E-state index < -0.39 is 0 Å². The number of nitrogens with zero attached hydrogens (tertiary/aromatic N) is 2. The minimum atomic E-state index is -0.129. The van der Waals surface area contributed by atoms with Crippen molar-refractivity contribution in [2.24, 2.45) is 0 Å². The van der Waals surface area contributed by atoms with Crippen molar-refractivity contribution >= 4 is 27.2 Å². The molecule has 2 aromatic carbocycles. The molecule has 28 heavy (non-hydrogen) atoms. The molecule has 0 amide bonds. The molecule has 5 rings (SSSR count). The Balaban J connectivity index is 1.51. The number of nitrogens with one attached hydrogen (secondary N) is 1. The van der Waals surface area contributed by atoms with Gasteiger partial charge in [0.2, 0.25) is 6.79 Å². The van der Waals surface area contributed by atoms with Crippen molar-refractivity contribution < 1.29 is 9.47 Å². The average molecular weight is 391 g/mol. The van der Waals surface area contributed by atoms with Gasteiger partial charge in [-0.3, -0.25) is 4.79 Å². The molecule has 3 heterocycles. The zero-order chi connectivity index (χ0) is 19.1. The predicted octanol–water partition coefficient (Wildman–Crippen LogP) is 4.02. The fourth-order valence-electron chi connectivity index (χ4n) is 3.34. The van der Waals surface area contributed by atoms with Crippen LogP contribution in [0.15, 0.2) is 58.7 Å². The second-order valence-electron chi connectivity index (χ2n) is 6.60. The number of thiophene rings is 1. The molecule has 0 atom stereocenters. The first-order valence-corrected chi connectivity index (χ1v) is 9.73. The SMILES string of the molecule is CN(Cc1nc2scc(-c3ccc4c(c3)OCO4)c2c(=O)[nH]1)c1ccccc1. The number of rotatable bonds is 4. The molecule has 4 aromatic rings. The van der Waals surface area contributed by atoms with Crippen LogP contribution in [0.25, 0.3) is 21.3 Å². The number of H-pyrrole nitrogens is 1. The number of benzene rings is 2. The Labute approximate surface area is 165 Å². The van der Waals surface area contributed by atoms with Gasteiger partial charge in [-0.05, 0) is 29.8 Å². The van der Waals surface area contributed by atoms with E-state index in [4.69, 9.17) is 9.47 Å². The highest BCUT2D eigenvalue weighted by Crippen LogP contribution is 2.38. The third-order valence-electron chi connectivity index (χ3n) is 4.76. The molecule has 7 heteroatoms. The lowest BCUT2D eigenvalue weighted by atomic mass is 10.1. The van der Waals surface area contributed by atoms with Gasteiger partial charge in [0, 0.05) is 23.7 Å². The molecular formula is C21H17N3O3S. The predicted molar refractivity (Wildman–Crippen MR) is 110 cm³/mol. The van der Waals surface area contributed by atoms with Crippen LogP contribution in [0.3, 0.4) is 0 Å². The highest BCUT2D eigenvalue weighted by molar-refractivity contribution is 7.17. The van der Waals surface area contributed by atoms with E-state index in [1.165, 1.54) is 11.3 Å². The van der Waals surface area contributed by atoms with Crippen LogP contribution in [0.5, 0.6) is 11.5 Å². The van der Waals surface area contributed by atoms with E-state index in [0.29, 0.717) is 23.5 Å². The molecule has 0 saturated carbocycles. The normalized spacial score (nSPS) is 12.5. The van der Waals surface area contributed by atoms with Gasteiger partial charge in [0.15, 0.2) is 11.5 Å². The van der Waals surface area contributed by atoms with Crippen molar-refractivity contribution in [1.29, 1.82) is 0 Å². The summed E-state index contributed by atoms with van der Waals surface area (Å²) in [4.78, 5) is 23.3. The Morgan fingerprint density at radius 2 is 1.96 bits per heavy atom. The molecule has 0 unspecified atom stereocenters. The van der Waals surface area contributed by atoms with Crippen molar-refractivity contribution in [1.82, 2.24) is 9.97 Å². The van der Waals surface area contributed by atoms with Gasteiger partial charge in [-0.1, -0.05) is 24.3 Å². The summed E-state index contributed by atoms with van der Waals surface area (Å²) in [5.74, 6) is 2.06. The van der Waals surface area contributed by atoms with Gasteiger partial charge in [-0.15, -0.1) is 11.3 Å². The molecule has 1 aliphatic heterocycles. The van der Waals surface area contributed by atoms with Crippen LogP contribution >= 0.6 is 11.3 Å². The lowest BCUT2D eigenvalue weighted by molar-refractivity contribution is 0.174. The summed E-state index contributed by atoms with van der Waals surface area (Å²) in [6.07, 6.45) is 0. The lowest BCUT2D eigenvalue weighted by Gasteiger charge is -2.18. The highest BCUT2D eigenvalue weighted by Gasteiger charge is 2.18. The zero-order valence-corrected chi connectivity index (χ0v) is 16.0. The molecule has 1 N–H and O–H groups in total. The van der Waals surface area contributed by atoms with Crippen LogP contribution in [-0.4, -0.2) is 23.8 Å². The smallest absolute Gasteiger partial charge is 0.260 e. The Bertz CT molecular complexity index is 1220. The van der Waals surface area contributed by atoms with Crippen LogP contribution in [0.1, 0.15) is 5.82 Å².